The summed E-state index contributed by atoms with van der Waals surface area (Å²) in [7, 11) is -39.8. The summed E-state index contributed by atoms with van der Waals surface area (Å²) in [5.41, 5.74) is 1.26. The quantitative estimate of drug-likeness (QED) is 0.0191. The third kappa shape index (κ3) is 52.6. The first kappa shape index (κ1) is 123. The number of unbranched alkanes of at least 4 members (excludes halogenated alkanes) is 3. The number of aryl methyl sites for hydroxylation is 6. The molecule has 0 aliphatic carbocycles. The highest BCUT2D eigenvalue weighted by molar-refractivity contribution is 7.87. The van der Waals surface area contributed by atoms with Gasteiger partial charge >= 0.3 is 5.97 Å². The number of benzene rings is 4. The summed E-state index contributed by atoms with van der Waals surface area (Å²) in [6.45, 7) is -2.23. The maximum atomic E-state index is 13.7. The number of nitrogens with zero attached hydrogens (tertiary/aromatic N) is 9. The average molecular weight is 2270 g/mol. The van der Waals surface area contributed by atoms with Crippen molar-refractivity contribution in [3.8, 4) is 69.0 Å². The fourth-order valence-corrected chi connectivity index (χ4v) is 17.5. The van der Waals surface area contributed by atoms with E-state index in [-0.39, 0.29) is 268 Å². The van der Waals surface area contributed by atoms with Gasteiger partial charge in [0.15, 0.2) is 46.0 Å². The molecule has 0 atom stereocenters. The van der Waals surface area contributed by atoms with Crippen LogP contribution in [-0.2, 0) is 130 Å². The minimum Gasteiger partial charge on any atom is -0.490 e. The van der Waals surface area contributed by atoms with Crippen LogP contribution in [-0.4, -0.2) is 341 Å². The number of aromatic carboxylic acids is 1. The summed E-state index contributed by atoms with van der Waals surface area (Å²) in [6.07, 6.45) is 7.60. The zero-order chi connectivity index (χ0) is 108. The molecule has 0 radical (unpaired) electrons. The van der Waals surface area contributed by atoms with E-state index in [1.807, 2.05) is 0 Å². The van der Waals surface area contributed by atoms with Crippen LogP contribution < -0.4 is 72.8 Å². The molecule has 0 saturated heterocycles. The number of carboxylic acid groups (broad SMARTS) is 1. The van der Waals surface area contributed by atoms with Gasteiger partial charge in [-0.3, -0.25) is 69.4 Å². The van der Waals surface area contributed by atoms with E-state index in [1.165, 1.54) is 48.5 Å². The number of ether oxygens (including phenoxy) is 12. The van der Waals surface area contributed by atoms with E-state index in [0.29, 0.717) is 94.1 Å². The Labute approximate surface area is 848 Å². The Balaban J connectivity index is 0.987. The molecule has 65 heteroatoms. The molecule has 0 spiro atoms. The van der Waals surface area contributed by atoms with E-state index in [0.717, 1.165) is 0 Å². The molecule has 147 heavy (non-hydrogen) atoms. The molecule has 0 bridgehead atoms. The van der Waals surface area contributed by atoms with Gasteiger partial charge in [-0.1, -0.05) is 15.6 Å². The summed E-state index contributed by atoms with van der Waals surface area (Å²) in [5, 5.41) is 44.1. The highest BCUT2D eigenvalue weighted by atomic mass is 32.3. The Bertz CT molecular complexity index is 6130. The summed E-state index contributed by atoms with van der Waals surface area (Å²) >= 11 is 0. The topological polar surface area (TPSA) is 817 Å². The van der Waals surface area contributed by atoms with Gasteiger partial charge in [-0.2, -0.15) is 75.8 Å². The fraction of sp³-hybridized carbons (Fsp3) is 0.585. The number of carbonyl (C=O) groups is 4. The number of rotatable bonds is 79. The van der Waals surface area contributed by atoms with Crippen LogP contribution in [0.25, 0.3) is 0 Å². The van der Waals surface area contributed by atoms with Crippen LogP contribution in [0.1, 0.15) is 174 Å². The Morgan fingerprint density at radius 1 is 0.238 bits per heavy atom. The molecule has 3 amide bonds. The summed E-state index contributed by atoms with van der Waals surface area (Å²) < 4.78 is 365. The van der Waals surface area contributed by atoms with Gasteiger partial charge in [0.2, 0.25) is 23.0 Å². The molecule has 7 rings (SSSR count). The smallest absolute Gasteiger partial charge is 0.335 e. The first-order valence-electron chi connectivity index (χ1n) is 45.6. The summed E-state index contributed by atoms with van der Waals surface area (Å²) in [5.74, 6) is -11.5. The van der Waals surface area contributed by atoms with Crippen LogP contribution in [0.5, 0.6) is 69.0 Å². The second-order valence-electron chi connectivity index (χ2n) is 32.6. The average Bonchev–Trinajstić information content (AvgIpc) is 1.69. The van der Waals surface area contributed by atoms with Gasteiger partial charge < -0.3 is 77.9 Å². The van der Waals surface area contributed by atoms with Crippen molar-refractivity contribution in [2.75, 3.05) is 151 Å². The molecule has 826 valence electrons. The van der Waals surface area contributed by atoms with Crippen molar-refractivity contribution >= 4 is 115 Å². The predicted octanol–water partition coefficient (Wildman–Crippen LogP) is 3.73. The van der Waals surface area contributed by atoms with E-state index >= 15 is 0 Å². The normalized spacial score (nSPS) is 12.3. The van der Waals surface area contributed by atoms with Crippen molar-refractivity contribution in [2.24, 2.45) is 0 Å². The van der Waals surface area contributed by atoms with Crippen LogP contribution in [0.4, 0.5) is 0 Å². The lowest BCUT2D eigenvalue weighted by molar-refractivity contribution is 0.0694. The van der Waals surface area contributed by atoms with Crippen molar-refractivity contribution in [1.29, 1.82) is 0 Å². The van der Waals surface area contributed by atoms with E-state index < -0.39 is 167 Å². The maximum absolute atomic E-state index is 13.7. The number of hydrogen-bond donors (Lipinski definition) is 13. The zero-order valence-electron chi connectivity index (χ0n) is 79.3. The molecule has 4 aromatic carbocycles. The molecular weight excluding hydrogens is 2150 g/mol. The largest absolute Gasteiger partial charge is 0.490 e. The number of carboxylic acids is 1. The fourth-order valence-electron chi connectivity index (χ4n) is 13.1. The van der Waals surface area contributed by atoms with Gasteiger partial charge in [0, 0.05) is 74.5 Å². The lowest BCUT2D eigenvalue weighted by Gasteiger charge is -2.19. The van der Waals surface area contributed by atoms with E-state index in [2.05, 4.69) is 46.9 Å². The second-order valence-corrected chi connectivity index (χ2v) is 46.7. The molecule has 0 fully saturated rings. The molecule has 0 aliphatic rings. The monoisotopic (exact) mass is 2260 g/mol. The molecule has 0 unspecified atom stereocenters. The van der Waals surface area contributed by atoms with Crippen molar-refractivity contribution in [3.63, 3.8) is 0 Å². The van der Waals surface area contributed by atoms with Crippen LogP contribution >= 0.6 is 0 Å². The van der Waals surface area contributed by atoms with E-state index in [9.17, 15) is 141 Å². The number of carbonyl (C=O) groups excluding carboxylic acids is 3. The number of hydrogen-bond acceptors (Lipinski definition) is 40. The van der Waals surface area contributed by atoms with Gasteiger partial charge in [-0.25, -0.2) is 4.79 Å². The van der Waals surface area contributed by atoms with Crippen LogP contribution in [0.3, 0.4) is 0 Å². The molecule has 3 heterocycles. The van der Waals surface area contributed by atoms with Gasteiger partial charge in [-0.05, 0) is 183 Å². The number of amides is 3. The minimum atomic E-state index is -4.42. The van der Waals surface area contributed by atoms with Crippen LogP contribution in [0.15, 0.2) is 67.1 Å². The van der Waals surface area contributed by atoms with Crippen molar-refractivity contribution in [3.05, 3.63) is 106 Å². The lowest BCUT2D eigenvalue weighted by Crippen LogP contribution is -2.25. The van der Waals surface area contributed by atoms with Gasteiger partial charge in [0.1, 0.15) is 0 Å². The van der Waals surface area contributed by atoms with Crippen molar-refractivity contribution in [1.82, 2.24) is 60.9 Å². The van der Waals surface area contributed by atoms with Crippen LogP contribution in [0.2, 0.25) is 0 Å². The van der Waals surface area contributed by atoms with Gasteiger partial charge in [-0.15, -0.1) is 15.3 Å². The Hall–Kier alpha value is -11.0. The Morgan fingerprint density at radius 2 is 0.408 bits per heavy atom. The maximum Gasteiger partial charge on any atom is 0.335 e. The lowest BCUT2D eigenvalue weighted by atomic mass is 10.1. The minimum absolute atomic E-state index is 0.0367. The third-order valence-corrected chi connectivity index (χ3v) is 27.1. The third-order valence-electron chi connectivity index (χ3n) is 19.9. The molecular formula is C82H120N12O44S9. The van der Waals surface area contributed by atoms with E-state index in [4.69, 9.17) is 56.8 Å². The highest BCUT2D eigenvalue weighted by Crippen LogP contribution is 2.44. The molecule has 7 aromatic rings. The molecule has 13 N–H and O–H groups in total. The predicted molar refractivity (Wildman–Crippen MR) is 518 cm³/mol. The summed E-state index contributed by atoms with van der Waals surface area (Å²) in [6, 6.07) is 9.89. The van der Waals surface area contributed by atoms with Crippen LogP contribution in [0, 0.1) is 0 Å². The first-order chi connectivity index (χ1) is 69.1. The Morgan fingerprint density at radius 3 is 0.592 bits per heavy atom. The first-order valence-corrected chi connectivity index (χ1v) is 60.1. The van der Waals surface area contributed by atoms with E-state index in [1.54, 1.807) is 32.6 Å². The van der Waals surface area contributed by atoms with Gasteiger partial charge in [0.05, 0.1) is 154 Å². The van der Waals surface area contributed by atoms with Crippen molar-refractivity contribution in [2.45, 2.75) is 154 Å². The van der Waals surface area contributed by atoms with Gasteiger partial charge in [0.25, 0.3) is 109 Å². The second kappa shape index (κ2) is 60.0. The molecule has 0 saturated carbocycles. The van der Waals surface area contributed by atoms with Crippen molar-refractivity contribution < 1.29 is 198 Å². The standard InChI is InChI=1S/C82H120N12O44S9/c95-79(60-49-67(129-31-10-40-139(100,101)102)75(136-37-16-46-145(118,119)120)68(50-60)130-32-11-41-140(103,104)105)83-22-7-25-92-57-64(86-89-92)19-1-4-28-127-73-55-63(82(98)99)56-74(128-29-5-2-20-65-58-93(90-87-65)26-8-23-84-80(96)61-51-69(131-33-12-42-141(106,107)108)76(137-38-17-47-146(121,122)123)70(52-61)132-34-13-43-142(109,110)111)78(73)135-30-6-3-21-66-59-94(91-88-66)27-9-24-85-81(97)62-53-71(133-35-14-44-143(112,113)114)77(138-39-18-48-147(124,125)126)72(54-62)134-36-15-45-144(115,116)117/h49-59H,1-48H2,(H,83,95)(H,84,96)(H,85,97)(H,98,99)(H,100,101,102)(H,103,104,105)(H,106,107,108)(H,109,110,111)(H,112,113,114)(H,115,116,117)(H,118,119,120)(H,121,122,123)(H,124,125,126). The molecule has 0 aliphatic heterocycles. The summed E-state index contributed by atoms with van der Waals surface area (Å²) in [4.78, 5) is 53.9. The number of aromatic nitrogens is 9. The zero-order valence-corrected chi connectivity index (χ0v) is 86.7. The SMILES string of the molecule is O=C(O)c1cc(OCCCCc2cn(CCCNC(=O)c3cc(OCCCS(=O)(=O)O)c(OCCCS(=O)(=O)O)c(OCCCS(=O)(=O)O)c3)nn2)c(OCCCCc2cn(CCCNC(=O)c3cc(OCCCS(=O)(=O)O)c(OCCCS(=O)(=O)O)c(OCCCS(=O)(=O)O)c3)nn2)c(OCCCCc2cn(CCCNC(=O)c3cc(OCCCS(=O)(=O)O)c(OCCCS(=O)(=O)O)c(OCCCS(=O)(=O)O)c3)nn2)c1. The highest BCUT2D eigenvalue weighted by Gasteiger charge is 2.28. The molecule has 56 nitrogen and oxygen atoms in total. The number of nitrogens with one attached hydrogen (secondary N) is 3. The molecule has 3 aromatic heterocycles. The Kier molecular flexibility index (Phi) is 50.1.